The molecule has 3 aromatic rings. The van der Waals surface area contributed by atoms with Crippen molar-refractivity contribution in [2.24, 2.45) is 0 Å². The molecule has 2 heterocycles. The van der Waals surface area contributed by atoms with Crippen LogP contribution in [0.1, 0.15) is 16.7 Å². The number of aromatic nitrogens is 2. The topological polar surface area (TPSA) is 46.0 Å². The van der Waals surface area contributed by atoms with E-state index in [2.05, 4.69) is 9.97 Å². The van der Waals surface area contributed by atoms with Gasteiger partial charge in [0.2, 0.25) is 0 Å². The summed E-state index contributed by atoms with van der Waals surface area (Å²) in [7, 11) is 0. The standard InChI is InChI=1S/C13H10N2OS/c16-13(12-6-3-7-17-12)11-8-14-9-4-1-2-5-10(9)15-11/h1-8,13,16H. The zero-order chi connectivity index (χ0) is 11.7. The van der Waals surface area contributed by atoms with Crippen molar-refractivity contribution in [3.63, 3.8) is 0 Å². The summed E-state index contributed by atoms with van der Waals surface area (Å²) in [6, 6.07) is 11.4. The van der Waals surface area contributed by atoms with Gasteiger partial charge in [0.05, 0.1) is 22.9 Å². The van der Waals surface area contributed by atoms with Gasteiger partial charge in [-0.2, -0.15) is 0 Å². The molecule has 1 unspecified atom stereocenters. The smallest absolute Gasteiger partial charge is 0.132 e. The lowest BCUT2D eigenvalue weighted by Crippen LogP contribution is -2.01. The maximum atomic E-state index is 10.1. The van der Waals surface area contributed by atoms with E-state index in [1.54, 1.807) is 6.20 Å². The SMILES string of the molecule is OC(c1cnc2ccccc2n1)c1cccs1. The maximum absolute atomic E-state index is 10.1. The summed E-state index contributed by atoms with van der Waals surface area (Å²) in [4.78, 5) is 9.60. The first-order chi connectivity index (χ1) is 8.34. The monoisotopic (exact) mass is 242 g/mol. The van der Waals surface area contributed by atoms with E-state index < -0.39 is 6.10 Å². The van der Waals surface area contributed by atoms with Crippen LogP contribution in [-0.4, -0.2) is 15.1 Å². The number of hydrogen-bond acceptors (Lipinski definition) is 4. The Hall–Kier alpha value is -1.78. The third-order valence-corrected chi connectivity index (χ3v) is 3.48. The van der Waals surface area contributed by atoms with Crippen molar-refractivity contribution in [2.45, 2.75) is 6.10 Å². The quantitative estimate of drug-likeness (QED) is 0.751. The predicted molar refractivity (Wildman–Crippen MR) is 67.9 cm³/mol. The zero-order valence-electron chi connectivity index (χ0n) is 8.95. The molecular formula is C13H10N2OS. The highest BCUT2D eigenvalue weighted by Gasteiger charge is 2.13. The summed E-state index contributed by atoms with van der Waals surface area (Å²) in [5.74, 6) is 0. The molecule has 0 spiro atoms. The average molecular weight is 242 g/mol. The van der Waals surface area contributed by atoms with E-state index in [0.717, 1.165) is 15.9 Å². The van der Waals surface area contributed by atoms with Crippen LogP contribution in [0.2, 0.25) is 0 Å². The Bertz CT molecular complexity index is 637. The highest BCUT2D eigenvalue weighted by atomic mass is 32.1. The van der Waals surface area contributed by atoms with Crippen molar-refractivity contribution >= 4 is 22.4 Å². The highest BCUT2D eigenvalue weighted by Crippen LogP contribution is 2.24. The Labute approximate surface area is 102 Å². The van der Waals surface area contributed by atoms with Crippen molar-refractivity contribution in [1.82, 2.24) is 9.97 Å². The summed E-state index contributed by atoms with van der Waals surface area (Å²) >= 11 is 1.51. The Morgan fingerprint density at radius 2 is 1.88 bits per heavy atom. The van der Waals surface area contributed by atoms with Crippen LogP contribution in [0.15, 0.2) is 48.0 Å². The predicted octanol–water partition coefficient (Wildman–Crippen LogP) is 2.77. The lowest BCUT2D eigenvalue weighted by molar-refractivity contribution is 0.219. The first-order valence-corrected chi connectivity index (χ1v) is 6.16. The number of aliphatic hydroxyl groups excluding tert-OH is 1. The Morgan fingerprint density at radius 1 is 1.06 bits per heavy atom. The molecule has 0 amide bonds. The molecule has 1 N–H and O–H groups in total. The number of rotatable bonds is 2. The molecule has 1 atom stereocenters. The number of aliphatic hydroxyl groups is 1. The minimum atomic E-state index is -0.688. The lowest BCUT2D eigenvalue weighted by atomic mass is 10.2. The number of benzene rings is 1. The number of para-hydroxylation sites is 2. The van der Waals surface area contributed by atoms with Crippen LogP contribution in [0.3, 0.4) is 0 Å². The van der Waals surface area contributed by atoms with Crippen molar-refractivity contribution in [3.05, 3.63) is 58.5 Å². The van der Waals surface area contributed by atoms with Crippen molar-refractivity contribution in [3.8, 4) is 0 Å². The fraction of sp³-hybridized carbons (Fsp3) is 0.0769. The van der Waals surface area contributed by atoms with Crippen LogP contribution >= 0.6 is 11.3 Å². The number of hydrogen-bond donors (Lipinski definition) is 1. The molecule has 0 aliphatic heterocycles. The van der Waals surface area contributed by atoms with Crippen LogP contribution in [0.25, 0.3) is 11.0 Å². The summed E-state index contributed by atoms with van der Waals surface area (Å²) < 4.78 is 0. The average Bonchev–Trinajstić information content (AvgIpc) is 2.91. The Balaban J connectivity index is 2.06. The van der Waals surface area contributed by atoms with Gasteiger partial charge in [-0.3, -0.25) is 4.98 Å². The number of thiophene rings is 1. The van der Waals surface area contributed by atoms with Gasteiger partial charge in [-0.1, -0.05) is 18.2 Å². The van der Waals surface area contributed by atoms with E-state index in [-0.39, 0.29) is 0 Å². The minimum absolute atomic E-state index is 0.589. The maximum Gasteiger partial charge on any atom is 0.132 e. The molecule has 17 heavy (non-hydrogen) atoms. The molecule has 3 nitrogen and oxygen atoms in total. The van der Waals surface area contributed by atoms with Crippen LogP contribution in [0, 0.1) is 0 Å². The highest BCUT2D eigenvalue weighted by molar-refractivity contribution is 7.10. The van der Waals surface area contributed by atoms with Crippen LogP contribution in [-0.2, 0) is 0 Å². The molecule has 4 heteroatoms. The minimum Gasteiger partial charge on any atom is -0.381 e. The summed E-state index contributed by atoms with van der Waals surface area (Å²) in [5, 5.41) is 12.1. The summed E-state index contributed by atoms with van der Waals surface area (Å²) in [6.45, 7) is 0. The largest absolute Gasteiger partial charge is 0.381 e. The normalized spacial score (nSPS) is 12.8. The van der Waals surface area contributed by atoms with Gasteiger partial charge in [0, 0.05) is 4.88 Å². The van der Waals surface area contributed by atoms with Gasteiger partial charge in [0.1, 0.15) is 6.10 Å². The molecule has 0 radical (unpaired) electrons. The molecule has 3 rings (SSSR count). The van der Waals surface area contributed by atoms with Gasteiger partial charge >= 0.3 is 0 Å². The van der Waals surface area contributed by atoms with Gasteiger partial charge in [0.25, 0.3) is 0 Å². The van der Waals surface area contributed by atoms with Crippen LogP contribution < -0.4 is 0 Å². The summed E-state index contributed by atoms with van der Waals surface area (Å²) in [6.07, 6.45) is 0.944. The van der Waals surface area contributed by atoms with E-state index in [1.807, 2.05) is 41.8 Å². The lowest BCUT2D eigenvalue weighted by Gasteiger charge is -2.08. The Morgan fingerprint density at radius 3 is 2.65 bits per heavy atom. The van der Waals surface area contributed by atoms with Crippen molar-refractivity contribution in [2.75, 3.05) is 0 Å². The molecule has 0 saturated carbocycles. The van der Waals surface area contributed by atoms with E-state index in [0.29, 0.717) is 5.69 Å². The van der Waals surface area contributed by atoms with Crippen LogP contribution in [0.4, 0.5) is 0 Å². The van der Waals surface area contributed by atoms with Gasteiger partial charge in [-0.25, -0.2) is 4.98 Å². The first-order valence-electron chi connectivity index (χ1n) is 5.28. The third kappa shape index (κ3) is 1.92. The van der Waals surface area contributed by atoms with Crippen molar-refractivity contribution < 1.29 is 5.11 Å². The third-order valence-electron chi connectivity index (χ3n) is 2.56. The molecule has 0 fully saturated rings. The van der Waals surface area contributed by atoms with E-state index in [9.17, 15) is 5.11 Å². The zero-order valence-corrected chi connectivity index (χ0v) is 9.76. The molecule has 84 valence electrons. The van der Waals surface area contributed by atoms with Gasteiger partial charge in [-0.15, -0.1) is 11.3 Å². The van der Waals surface area contributed by atoms with E-state index in [1.165, 1.54) is 11.3 Å². The fourth-order valence-corrected chi connectivity index (χ4v) is 2.42. The second kappa shape index (κ2) is 4.24. The molecular weight excluding hydrogens is 232 g/mol. The fourth-order valence-electron chi connectivity index (χ4n) is 1.70. The van der Waals surface area contributed by atoms with Gasteiger partial charge in [-0.05, 0) is 23.6 Å². The van der Waals surface area contributed by atoms with Gasteiger partial charge < -0.3 is 5.11 Å². The van der Waals surface area contributed by atoms with E-state index >= 15 is 0 Å². The molecule has 2 aromatic heterocycles. The molecule has 0 bridgehead atoms. The number of fused-ring (bicyclic) bond motifs is 1. The van der Waals surface area contributed by atoms with Crippen LogP contribution in [0.5, 0.6) is 0 Å². The first kappa shape index (κ1) is 10.4. The van der Waals surface area contributed by atoms with Crippen molar-refractivity contribution in [1.29, 1.82) is 0 Å². The second-order valence-electron chi connectivity index (χ2n) is 3.70. The van der Waals surface area contributed by atoms with Gasteiger partial charge in [0.15, 0.2) is 0 Å². The second-order valence-corrected chi connectivity index (χ2v) is 4.68. The number of nitrogens with zero attached hydrogens (tertiary/aromatic N) is 2. The molecule has 0 saturated heterocycles. The summed E-state index contributed by atoms with van der Waals surface area (Å²) in [5.41, 5.74) is 2.24. The molecule has 0 aliphatic rings. The molecule has 1 aromatic carbocycles. The molecule has 0 aliphatic carbocycles. The Kier molecular flexibility index (Phi) is 2.59. The van der Waals surface area contributed by atoms with E-state index in [4.69, 9.17) is 0 Å².